The molecule has 4 nitrogen and oxygen atoms in total. The van der Waals surface area contributed by atoms with Crippen LogP contribution in [0.4, 0.5) is 4.39 Å². The first-order valence-corrected chi connectivity index (χ1v) is 8.99. The number of benzene rings is 2. The third-order valence-corrected chi connectivity index (χ3v) is 4.49. The van der Waals surface area contributed by atoms with Crippen LogP contribution in [0.3, 0.4) is 0 Å². The zero-order valence-corrected chi connectivity index (χ0v) is 15.7. The van der Waals surface area contributed by atoms with E-state index in [2.05, 4.69) is 5.32 Å². The van der Waals surface area contributed by atoms with Crippen LogP contribution in [0.2, 0.25) is 0 Å². The fraction of sp³-hybridized carbons (Fsp3) is 0.316. The second kappa shape index (κ2) is 9.33. The van der Waals surface area contributed by atoms with E-state index in [1.54, 1.807) is 12.1 Å². The number of halogens is 3. The van der Waals surface area contributed by atoms with Crippen molar-refractivity contribution in [1.29, 1.82) is 0 Å². The number of rotatable bonds is 7. The maximum absolute atomic E-state index is 13.2. The minimum Gasteiger partial charge on any atom is -0.386 e. The fourth-order valence-corrected chi connectivity index (χ4v) is 2.66. The number of aliphatic hydroxyl groups excluding tert-OH is 1. The lowest BCUT2D eigenvalue weighted by Crippen LogP contribution is -2.43. The number of alkyl halides is 3. The van der Waals surface area contributed by atoms with Crippen molar-refractivity contribution >= 4 is 29.1 Å². The van der Waals surface area contributed by atoms with Crippen LogP contribution in [-0.2, 0) is 4.79 Å². The van der Waals surface area contributed by atoms with Gasteiger partial charge in [-0.15, -0.1) is 0 Å². The Kier molecular flexibility index (Phi) is 7.41. The first-order valence-electron chi connectivity index (χ1n) is 8.12. The zero-order chi connectivity index (χ0) is 19.3. The molecule has 0 spiro atoms. The van der Waals surface area contributed by atoms with Gasteiger partial charge in [-0.2, -0.15) is 0 Å². The van der Waals surface area contributed by atoms with E-state index in [0.717, 1.165) is 16.7 Å². The molecule has 0 radical (unpaired) electrons. The predicted molar refractivity (Wildman–Crippen MR) is 103 cm³/mol. The number of carbonyl (C=O) groups excluding carboxylic acids is 1. The van der Waals surface area contributed by atoms with E-state index in [1.807, 2.05) is 43.3 Å². The number of hydrogen-bond acceptors (Lipinski definition) is 3. The van der Waals surface area contributed by atoms with Gasteiger partial charge in [0, 0.05) is 6.04 Å². The van der Waals surface area contributed by atoms with Crippen molar-refractivity contribution in [2.75, 3.05) is 6.67 Å². The molecule has 3 unspecified atom stereocenters. The summed E-state index contributed by atoms with van der Waals surface area (Å²) in [6.45, 7) is 0.968. The Balaban J connectivity index is 2.13. The highest BCUT2D eigenvalue weighted by Crippen LogP contribution is 2.25. The normalized spacial score (nSPS) is 14.7. The van der Waals surface area contributed by atoms with Crippen LogP contribution in [0.25, 0.3) is 11.1 Å². The molecule has 0 aliphatic carbocycles. The highest BCUT2D eigenvalue weighted by Gasteiger charge is 2.25. The number of nitrogens with two attached hydrogens (primary N) is 1. The quantitative estimate of drug-likeness (QED) is 0.622. The van der Waals surface area contributed by atoms with Gasteiger partial charge < -0.3 is 16.2 Å². The van der Waals surface area contributed by atoms with Crippen LogP contribution in [0.15, 0.2) is 48.5 Å². The van der Waals surface area contributed by atoms with Gasteiger partial charge >= 0.3 is 0 Å². The summed E-state index contributed by atoms with van der Waals surface area (Å²) < 4.78 is 13.2. The van der Waals surface area contributed by atoms with Gasteiger partial charge in [0.15, 0.2) is 4.84 Å². The predicted octanol–water partition coefficient (Wildman–Crippen LogP) is 3.66. The molecule has 0 saturated carbocycles. The molecule has 2 aromatic carbocycles. The number of hydrogen-bond donors (Lipinski definition) is 3. The minimum absolute atomic E-state index is 0.0324. The summed E-state index contributed by atoms with van der Waals surface area (Å²) >= 11 is 10.9. The standard InChI is InChI=1S/C19H21Cl2FN2O2/c1-11(23)12-2-4-13(5-3-12)14-6-8-15(9-7-14)17(25)16(10-22)24-19(26)18(20)21/h2-9,11,16-18,25H,10,23H2,1H3,(H,24,26). The first kappa shape index (κ1) is 20.6. The lowest BCUT2D eigenvalue weighted by molar-refractivity contribution is -0.121. The molecule has 0 bridgehead atoms. The lowest BCUT2D eigenvalue weighted by atomic mass is 9.97. The third kappa shape index (κ3) is 5.17. The number of amides is 1. The molecule has 2 rings (SSSR count). The van der Waals surface area contributed by atoms with Crippen molar-refractivity contribution in [2.24, 2.45) is 5.73 Å². The van der Waals surface area contributed by atoms with Crippen molar-refractivity contribution in [3.8, 4) is 11.1 Å². The van der Waals surface area contributed by atoms with Crippen LogP contribution in [0.5, 0.6) is 0 Å². The summed E-state index contributed by atoms with van der Waals surface area (Å²) in [4.78, 5) is 10.2. The van der Waals surface area contributed by atoms with Crippen molar-refractivity contribution in [2.45, 2.75) is 29.9 Å². The van der Waals surface area contributed by atoms with E-state index in [0.29, 0.717) is 5.56 Å². The molecule has 3 atom stereocenters. The van der Waals surface area contributed by atoms with Gasteiger partial charge in [0.25, 0.3) is 5.91 Å². The van der Waals surface area contributed by atoms with Crippen LogP contribution in [0.1, 0.15) is 30.2 Å². The van der Waals surface area contributed by atoms with Crippen LogP contribution in [0, 0.1) is 0 Å². The van der Waals surface area contributed by atoms with Gasteiger partial charge in [-0.3, -0.25) is 4.79 Å². The van der Waals surface area contributed by atoms with Crippen LogP contribution in [-0.4, -0.2) is 28.6 Å². The molecular weight excluding hydrogens is 378 g/mol. The number of aliphatic hydroxyl groups is 1. The minimum atomic E-state index is -1.32. The van der Waals surface area contributed by atoms with Gasteiger partial charge in [0.2, 0.25) is 0 Å². The maximum atomic E-state index is 13.2. The van der Waals surface area contributed by atoms with Gasteiger partial charge in [-0.05, 0) is 29.2 Å². The van der Waals surface area contributed by atoms with Gasteiger partial charge in [0.05, 0.1) is 6.04 Å². The molecule has 0 heterocycles. The monoisotopic (exact) mass is 398 g/mol. The van der Waals surface area contributed by atoms with Crippen LogP contribution < -0.4 is 11.1 Å². The number of carbonyl (C=O) groups is 1. The Bertz CT molecular complexity index is 721. The smallest absolute Gasteiger partial charge is 0.253 e. The Morgan fingerprint density at radius 1 is 1.08 bits per heavy atom. The molecule has 0 saturated heterocycles. The molecule has 7 heteroatoms. The molecule has 26 heavy (non-hydrogen) atoms. The highest BCUT2D eigenvalue weighted by molar-refractivity contribution is 6.53. The lowest BCUT2D eigenvalue weighted by Gasteiger charge is -2.22. The number of nitrogens with one attached hydrogen (secondary N) is 1. The molecule has 2 aromatic rings. The summed E-state index contributed by atoms with van der Waals surface area (Å²) in [7, 11) is 0. The van der Waals surface area contributed by atoms with Crippen molar-refractivity contribution in [3.63, 3.8) is 0 Å². The van der Waals surface area contributed by atoms with Gasteiger partial charge in [0.1, 0.15) is 12.8 Å². The summed E-state index contributed by atoms with van der Waals surface area (Å²) in [5, 5.41) is 12.6. The molecule has 0 aliphatic rings. The average Bonchev–Trinajstić information content (AvgIpc) is 2.65. The Labute approximate surface area is 162 Å². The zero-order valence-electron chi connectivity index (χ0n) is 14.2. The third-order valence-electron chi connectivity index (χ3n) is 4.10. The maximum Gasteiger partial charge on any atom is 0.253 e. The Morgan fingerprint density at radius 3 is 1.92 bits per heavy atom. The van der Waals surface area contributed by atoms with E-state index in [-0.39, 0.29) is 6.04 Å². The summed E-state index contributed by atoms with van der Waals surface area (Å²) in [6.07, 6.45) is -1.22. The molecular formula is C19H21Cl2FN2O2. The summed E-state index contributed by atoms with van der Waals surface area (Å²) in [6, 6.07) is 13.7. The molecule has 4 N–H and O–H groups in total. The Morgan fingerprint density at radius 2 is 1.54 bits per heavy atom. The van der Waals surface area contributed by atoms with Gasteiger partial charge in [-0.25, -0.2) is 4.39 Å². The molecule has 0 aliphatic heterocycles. The average molecular weight is 399 g/mol. The van der Waals surface area contributed by atoms with Crippen molar-refractivity contribution in [1.82, 2.24) is 5.32 Å². The molecule has 140 valence electrons. The molecule has 0 aromatic heterocycles. The topological polar surface area (TPSA) is 75.3 Å². The first-order chi connectivity index (χ1) is 12.3. The van der Waals surface area contributed by atoms with E-state index < -0.39 is 29.6 Å². The largest absolute Gasteiger partial charge is 0.386 e. The Hall–Kier alpha value is -1.66. The second-order valence-corrected chi connectivity index (χ2v) is 7.14. The molecule has 1 amide bonds. The second-order valence-electron chi connectivity index (χ2n) is 6.05. The highest BCUT2D eigenvalue weighted by atomic mass is 35.5. The SMILES string of the molecule is CC(N)c1ccc(-c2ccc(C(O)C(CF)NC(=O)C(Cl)Cl)cc2)cc1. The van der Waals surface area contributed by atoms with Crippen molar-refractivity contribution < 1.29 is 14.3 Å². The van der Waals surface area contributed by atoms with E-state index >= 15 is 0 Å². The van der Waals surface area contributed by atoms with E-state index in [1.165, 1.54) is 0 Å². The van der Waals surface area contributed by atoms with E-state index in [9.17, 15) is 14.3 Å². The van der Waals surface area contributed by atoms with Crippen molar-refractivity contribution in [3.05, 3.63) is 59.7 Å². The fourth-order valence-electron chi connectivity index (χ4n) is 2.53. The summed E-state index contributed by atoms with van der Waals surface area (Å²) in [5.74, 6) is -0.749. The van der Waals surface area contributed by atoms with E-state index in [4.69, 9.17) is 28.9 Å². The van der Waals surface area contributed by atoms with Gasteiger partial charge in [-0.1, -0.05) is 71.7 Å². The summed E-state index contributed by atoms with van der Waals surface area (Å²) in [5.41, 5.74) is 9.30. The molecule has 0 fully saturated rings. The van der Waals surface area contributed by atoms with Crippen LogP contribution >= 0.6 is 23.2 Å².